The van der Waals surface area contributed by atoms with Gasteiger partial charge in [-0.05, 0) is 29.8 Å². The highest BCUT2D eigenvalue weighted by molar-refractivity contribution is 5.89. The molecule has 0 aliphatic carbocycles. The molecule has 1 aromatic heterocycles. The molecule has 2 aromatic carbocycles. The molecule has 0 aliphatic rings. The summed E-state index contributed by atoms with van der Waals surface area (Å²) in [5.74, 6) is -3.49. The lowest BCUT2D eigenvalue weighted by Gasteiger charge is -2.18. The van der Waals surface area contributed by atoms with Crippen molar-refractivity contribution in [1.82, 2.24) is 20.2 Å². The summed E-state index contributed by atoms with van der Waals surface area (Å²) < 4.78 is 27.9. The second-order valence-corrected chi connectivity index (χ2v) is 5.96. The molecule has 2 N–H and O–H groups in total. The second-order valence-electron chi connectivity index (χ2n) is 5.96. The summed E-state index contributed by atoms with van der Waals surface area (Å²) in [6.45, 7) is -0.376. The largest absolute Gasteiger partial charge is 0.357 e. The zero-order valence-electron chi connectivity index (χ0n) is 14.8. The molecule has 1 heterocycles. The summed E-state index contributed by atoms with van der Waals surface area (Å²) >= 11 is 0. The van der Waals surface area contributed by atoms with Crippen LogP contribution in [0.25, 0.3) is 11.0 Å². The van der Waals surface area contributed by atoms with Crippen LogP contribution in [0.4, 0.5) is 8.78 Å². The Balaban J connectivity index is 1.89. The lowest BCUT2D eigenvalue weighted by molar-refractivity contribution is -0.129. The molecule has 7 nitrogen and oxygen atoms in total. The standard InChI is InChI=1S/C19H16F2N4O3/c1-22-19(28)18(11-6-7-12(20)13(21)8-11)24-16(26)10-25-15-5-3-2-4-14(15)23-9-17(25)27/h2-9,18H,10H2,1H3,(H,22,28)(H,24,26). The molecule has 0 fully saturated rings. The molecule has 9 heteroatoms. The number of hydrogen-bond acceptors (Lipinski definition) is 4. The van der Waals surface area contributed by atoms with Crippen molar-refractivity contribution in [1.29, 1.82) is 0 Å². The minimum absolute atomic E-state index is 0.0681. The lowest BCUT2D eigenvalue weighted by atomic mass is 10.1. The first-order valence-corrected chi connectivity index (χ1v) is 8.31. The van der Waals surface area contributed by atoms with Crippen LogP contribution >= 0.6 is 0 Å². The summed E-state index contributed by atoms with van der Waals surface area (Å²) in [5.41, 5.74) is 0.560. The first-order valence-electron chi connectivity index (χ1n) is 8.31. The number of nitrogens with one attached hydrogen (secondary N) is 2. The SMILES string of the molecule is CNC(=O)C(NC(=O)Cn1c(=O)cnc2ccccc21)c1ccc(F)c(F)c1. The lowest BCUT2D eigenvalue weighted by Crippen LogP contribution is -2.41. The van der Waals surface area contributed by atoms with Gasteiger partial charge < -0.3 is 10.6 Å². The van der Waals surface area contributed by atoms with Crippen LogP contribution in [0.2, 0.25) is 0 Å². The zero-order valence-corrected chi connectivity index (χ0v) is 14.8. The molecule has 28 heavy (non-hydrogen) atoms. The quantitative estimate of drug-likeness (QED) is 0.691. The maximum absolute atomic E-state index is 13.5. The number of para-hydroxylation sites is 2. The average Bonchev–Trinajstić information content (AvgIpc) is 2.70. The Labute approximate surface area is 158 Å². The van der Waals surface area contributed by atoms with Crippen molar-refractivity contribution in [2.75, 3.05) is 7.05 Å². The predicted octanol–water partition coefficient (Wildman–Crippen LogP) is 1.28. The fraction of sp³-hybridized carbons (Fsp3) is 0.158. The van der Waals surface area contributed by atoms with Gasteiger partial charge >= 0.3 is 0 Å². The van der Waals surface area contributed by atoms with Crippen molar-refractivity contribution in [3.05, 3.63) is 76.2 Å². The normalized spacial score (nSPS) is 11.8. The van der Waals surface area contributed by atoms with Crippen LogP contribution in [0.5, 0.6) is 0 Å². The van der Waals surface area contributed by atoms with E-state index in [0.29, 0.717) is 11.0 Å². The first-order chi connectivity index (χ1) is 13.4. The first kappa shape index (κ1) is 19.2. The van der Waals surface area contributed by atoms with Gasteiger partial charge in [-0.1, -0.05) is 18.2 Å². The van der Waals surface area contributed by atoms with E-state index in [0.717, 1.165) is 18.3 Å². The van der Waals surface area contributed by atoms with Gasteiger partial charge in [-0.25, -0.2) is 13.8 Å². The third-order valence-electron chi connectivity index (χ3n) is 4.15. The van der Waals surface area contributed by atoms with Crippen molar-refractivity contribution < 1.29 is 18.4 Å². The van der Waals surface area contributed by atoms with E-state index in [1.807, 2.05) is 0 Å². The van der Waals surface area contributed by atoms with Crippen molar-refractivity contribution in [2.45, 2.75) is 12.6 Å². The van der Waals surface area contributed by atoms with Crippen LogP contribution in [0, 0.1) is 11.6 Å². The summed E-state index contributed by atoms with van der Waals surface area (Å²) in [6.07, 6.45) is 1.10. The maximum Gasteiger partial charge on any atom is 0.269 e. The Morgan fingerprint density at radius 3 is 2.61 bits per heavy atom. The van der Waals surface area contributed by atoms with Gasteiger partial charge in [0.1, 0.15) is 12.6 Å². The van der Waals surface area contributed by atoms with Crippen LogP contribution in [-0.4, -0.2) is 28.4 Å². The van der Waals surface area contributed by atoms with Crippen LogP contribution in [0.15, 0.2) is 53.5 Å². The number of hydrogen-bond donors (Lipinski definition) is 2. The van der Waals surface area contributed by atoms with Crippen molar-refractivity contribution in [3.63, 3.8) is 0 Å². The van der Waals surface area contributed by atoms with E-state index in [1.54, 1.807) is 24.3 Å². The summed E-state index contributed by atoms with van der Waals surface area (Å²) in [7, 11) is 1.35. The second kappa shape index (κ2) is 7.95. The monoisotopic (exact) mass is 386 g/mol. The minimum atomic E-state index is -1.25. The number of likely N-dealkylation sites (N-methyl/N-ethyl adjacent to an activating group) is 1. The van der Waals surface area contributed by atoms with E-state index in [4.69, 9.17) is 0 Å². The van der Waals surface area contributed by atoms with E-state index in [-0.39, 0.29) is 12.1 Å². The Morgan fingerprint density at radius 2 is 1.89 bits per heavy atom. The number of benzene rings is 2. The third-order valence-corrected chi connectivity index (χ3v) is 4.15. The smallest absolute Gasteiger partial charge is 0.269 e. The number of carbonyl (C=O) groups is 2. The molecule has 0 bridgehead atoms. The number of amides is 2. The van der Waals surface area contributed by atoms with Gasteiger partial charge in [0.25, 0.3) is 5.56 Å². The van der Waals surface area contributed by atoms with E-state index in [9.17, 15) is 23.2 Å². The van der Waals surface area contributed by atoms with Crippen molar-refractivity contribution in [2.24, 2.45) is 0 Å². The Bertz CT molecular complexity index is 1110. The summed E-state index contributed by atoms with van der Waals surface area (Å²) in [5, 5.41) is 4.81. The number of halogens is 2. The van der Waals surface area contributed by atoms with E-state index >= 15 is 0 Å². The van der Waals surface area contributed by atoms with Crippen LogP contribution in [0.1, 0.15) is 11.6 Å². The average molecular weight is 386 g/mol. The van der Waals surface area contributed by atoms with Crippen LogP contribution < -0.4 is 16.2 Å². The molecule has 1 unspecified atom stereocenters. The van der Waals surface area contributed by atoms with Crippen molar-refractivity contribution >= 4 is 22.8 Å². The molecule has 144 valence electrons. The Morgan fingerprint density at radius 1 is 1.14 bits per heavy atom. The minimum Gasteiger partial charge on any atom is -0.357 e. The highest BCUT2D eigenvalue weighted by Gasteiger charge is 2.23. The molecule has 0 saturated heterocycles. The van der Waals surface area contributed by atoms with E-state index in [1.165, 1.54) is 17.7 Å². The molecular weight excluding hydrogens is 370 g/mol. The Hall–Kier alpha value is -3.62. The topological polar surface area (TPSA) is 93.1 Å². The third kappa shape index (κ3) is 3.88. The van der Waals surface area contributed by atoms with E-state index in [2.05, 4.69) is 15.6 Å². The molecule has 0 saturated carbocycles. The molecule has 3 rings (SSSR count). The fourth-order valence-corrected chi connectivity index (χ4v) is 2.76. The van der Waals surface area contributed by atoms with Gasteiger partial charge in [0.2, 0.25) is 11.8 Å². The van der Waals surface area contributed by atoms with Gasteiger partial charge in [0.05, 0.1) is 17.2 Å². The molecular formula is C19H16F2N4O3. The van der Waals surface area contributed by atoms with Gasteiger partial charge in [-0.15, -0.1) is 0 Å². The maximum atomic E-state index is 13.5. The highest BCUT2D eigenvalue weighted by Crippen LogP contribution is 2.17. The van der Waals surface area contributed by atoms with E-state index < -0.39 is 35.0 Å². The van der Waals surface area contributed by atoms with Crippen molar-refractivity contribution in [3.8, 4) is 0 Å². The highest BCUT2D eigenvalue weighted by atomic mass is 19.2. The molecule has 0 spiro atoms. The number of rotatable bonds is 5. The predicted molar refractivity (Wildman–Crippen MR) is 97.3 cm³/mol. The number of fused-ring (bicyclic) bond motifs is 1. The molecule has 2 amide bonds. The number of carbonyl (C=O) groups excluding carboxylic acids is 2. The van der Waals surface area contributed by atoms with Gasteiger partial charge in [0.15, 0.2) is 11.6 Å². The molecule has 1 atom stereocenters. The molecule has 0 radical (unpaired) electrons. The van der Waals surface area contributed by atoms with Crippen LogP contribution in [0.3, 0.4) is 0 Å². The summed E-state index contributed by atoms with van der Waals surface area (Å²) in [4.78, 5) is 40.8. The van der Waals surface area contributed by atoms with Gasteiger partial charge in [-0.3, -0.25) is 19.0 Å². The summed E-state index contributed by atoms with van der Waals surface area (Å²) in [6, 6.07) is 8.43. The molecule has 3 aromatic rings. The Kier molecular flexibility index (Phi) is 5.44. The number of aromatic nitrogens is 2. The zero-order chi connectivity index (χ0) is 20.3. The van der Waals surface area contributed by atoms with Gasteiger partial charge in [0, 0.05) is 7.05 Å². The molecule has 0 aliphatic heterocycles. The van der Waals surface area contributed by atoms with Crippen LogP contribution in [-0.2, 0) is 16.1 Å². The number of nitrogens with zero attached hydrogens (tertiary/aromatic N) is 2. The fourth-order valence-electron chi connectivity index (χ4n) is 2.76. The van der Waals surface area contributed by atoms with Gasteiger partial charge in [-0.2, -0.15) is 0 Å².